The van der Waals surface area contributed by atoms with Crippen LogP contribution < -0.4 is 9.80 Å². The van der Waals surface area contributed by atoms with Crippen LogP contribution >= 0.6 is 0 Å². The third-order valence-electron chi connectivity index (χ3n) is 7.08. The summed E-state index contributed by atoms with van der Waals surface area (Å²) < 4.78 is 0. The molecule has 3 aromatic rings. The summed E-state index contributed by atoms with van der Waals surface area (Å²) in [7, 11) is 0. The van der Waals surface area contributed by atoms with Gasteiger partial charge in [0.15, 0.2) is 0 Å². The second kappa shape index (κ2) is 9.86. The number of aryl methyl sites for hydroxylation is 2. The summed E-state index contributed by atoms with van der Waals surface area (Å²) in [4.78, 5) is 41.1. The zero-order valence-corrected chi connectivity index (χ0v) is 20.4. The van der Waals surface area contributed by atoms with Crippen molar-refractivity contribution in [3.8, 4) is 11.3 Å². The van der Waals surface area contributed by atoms with Gasteiger partial charge in [0.05, 0.1) is 11.6 Å². The first-order chi connectivity index (χ1) is 17.0. The number of hydrogen-bond acceptors (Lipinski definition) is 5. The maximum Gasteiger partial charge on any atom is 0.228 e. The van der Waals surface area contributed by atoms with Crippen LogP contribution in [0.25, 0.3) is 11.3 Å². The number of hydrogen-bond donors (Lipinski definition) is 0. The van der Waals surface area contributed by atoms with E-state index in [9.17, 15) is 9.59 Å². The molecule has 2 aliphatic heterocycles. The van der Waals surface area contributed by atoms with E-state index in [0.29, 0.717) is 32.7 Å². The zero-order valence-electron chi connectivity index (χ0n) is 20.4. The summed E-state index contributed by atoms with van der Waals surface area (Å²) >= 11 is 0. The molecule has 5 rings (SSSR count). The molecule has 7 heteroatoms. The highest BCUT2D eigenvalue weighted by Gasteiger charge is 2.39. The molecule has 35 heavy (non-hydrogen) atoms. The number of anilines is 2. The van der Waals surface area contributed by atoms with E-state index in [-0.39, 0.29) is 24.2 Å². The van der Waals surface area contributed by atoms with Gasteiger partial charge in [0.2, 0.25) is 11.8 Å². The van der Waals surface area contributed by atoms with Crippen LogP contribution in [-0.2, 0) is 16.0 Å². The lowest BCUT2D eigenvalue weighted by Crippen LogP contribution is -2.51. The quantitative estimate of drug-likeness (QED) is 0.570. The lowest BCUT2D eigenvalue weighted by molar-refractivity contribution is -0.136. The number of benzene rings is 2. The van der Waals surface area contributed by atoms with E-state index >= 15 is 0 Å². The summed E-state index contributed by atoms with van der Waals surface area (Å²) in [6.07, 6.45) is 2.74. The van der Waals surface area contributed by atoms with E-state index < -0.39 is 0 Å². The van der Waals surface area contributed by atoms with Crippen LogP contribution in [0, 0.1) is 12.8 Å². The zero-order chi connectivity index (χ0) is 24.4. The number of nitrogens with zero attached hydrogens (tertiary/aromatic N) is 5. The lowest BCUT2D eigenvalue weighted by atomic mass is 10.0. The lowest BCUT2D eigenvalue weighted by Gasteiger charge is -2.36. The fraction of sp³-hybridized carbons (Fsp3) is 0.357. The van der Waals surface area contributed by atoms with E-state index in [2.05, 4.69) is 27.9 Å². The summed E-state index contributed by atoms with van der Waals surface area (Å²) in [5, 5.41) is 0. The summed E-state index contributed by atoms with van der Waals surface area (Å²) in [5.74, 6) is 0.710. The standard InChI is InChI=1S/C28H31N5O2/c1-3-21-11-7-8-20(2)27(21)33-18-23(16-26(33)34)28(35)32-14-12-31(13-15-32)25-17-24(29-19-30-25)22-9-5-4-6-10-22/h4-11,17,19,23H,3,12-16,18H2,1-2H3. The normalized spacial score (nSPS) is 18.3. The molecule has 2 amide bonds. The van der Waals surface area contributed by atoms with Gasteiger partial charge in [-0.05, 0) is 24.5 Å². The van der Waals surface area contributed by atoms with Gasteiger partial charge in [-0.15, -0.1) is 0 Å². The first-order valence-corrected chi connectivity index (χ1v) is 12.3. The molecular weight excluding hydrogens is 438 g/mol. The van der Waals surface area contributed by atoms with Crippen molar-refractivity contribution in [3.05, 3.63) is 72.1 Å². The van der Waals surface area contributed by atoms with E-state index in [0.717, 1.165) is 40.3 Å². The Morgan fingerprint density at radius 3 is 2.51 bits per heavy atom. The first kappa shape index (κ1) is 23.0. The van der Waals surface area contributed by atoms with E-state index in [1.807, 2.05) is 65.3 Å². The minimum Gasteiger partial charge on any atom is -0.353 e. The first-order valence-electron chi connectivity index (χ1n) is 12.3. The minimum atomic E-state index is -0.290. The molecule has 3 heterocycles. The second-order valence-corrected chi connectivity index (χ2v) is 9.28. The molecule has 1 atom stereocenters. The molecule has 180 valence electrons. The predicted molar refractivity (Wildman–Crippen MR) is 137 cm³/mol. The maximum atomic E-state index is 13.3. The van der Waals surface area contributed by atoms with Gasteiger partial charge in [0.1, 0.15) is 12.1 Å². The van der Waals surface area contributed by atoms with Crippen molar-refractivity contribution >= 4 is 23.3 Å². The van der Waals surface area contributed by atoms with Crippen LogP contribution in [0.2, 0.25) is 0 Å². The Morgan fingerprint density at radius 2 is 1.77 bits per heavy atom. The molecule has 2 fully saturated rings. The van der Waals surface area contributed by atoms with E-state index in [1.54, 1.807) is 6.33 Å². The Balaban J connectivity index is 1.23. The number of carbonyl (C=O) groups is 2. The van der Waals surface area contributed by atoms with Gasteiger partial charge < -0.3 is 14.7 Å². The Hall–Kier alpha value is -3.74. The van der Waals surface area contributed by atoms with Crippen molar-refractivity contribution in [2.24, 2.45) is 5.92 Å². The van der Waals surface area contributed by atoms with Crippen molar-refractivity contribution in [1.29, 1.82) is 0 Å². The van der Waals surface area contributed by atoms with Crippen LogP contribution in [0.15, 0.2) is 60.9 Å². The molecular formula is C28H31N5O2. The van der Waals surface area contributed by atoms with Gasteiger partial charge in [-0.2, -0.15) is 0 Å². The molecule has 2 aromatic carbocycles. The molecule has 1 aromatic heterocycles. The van der Waals surface area contributed by atoms with Gasteiger partial charge in [0.25, 0.3) is 0 Å². The average Bonchev–Trinajstić information content (AvgIpc) is 3.29. The number of rotatable bonds is 5. The second-order valence-electron chi connectivity index (χ2n) is 9.28. The van der Waals surface area contributed by atoms with Gasteiger partial charge in [-0.1, -0.05) is 55.5 Å². The maximum absolute atomic E-state index is 13.3. The third kappa shape index (κ3) is 4.63. The monoisotopic (exact) mass is 469 g/mol. The van der Waals surface area contributed by atoms with Gasteiger partial charge in [-0.25, -0.2) is 9.97 Å². The number of para-hydroxylation sites is 1. The Bertz CT molecular complexity index is 1220. The number of carbonyl (C=O) groups excluding carboxylic acids is 2. The summed E-state index contributed by atoms with van der Waals surface area (Å²) in [5.41, 5.74) is 5.17. The van der Waals surface area contributed by atoms with Crippen LogP contribution in [0.3, 0.4) is 0 Å². The van der Waals surface area contributed by atoms with Crippen LogP contribution in [0.1, 0.15) is 24.5 Å². The number of aromatic nitrogens is 2. The minimum absolute atomic E-state index is 0.0420. The average molecular weight is 470 g/mol. The Morgan fingerprint density at radius 1 is 1.00 bits per heavy atom. The van der Waals surface area contributed by atoms with E-state index in [4.69, 9.17) is 0 Å². The molecule has 2 aliphatic rings. The molecule has 0 aliphatic carbocycles. The van der Waals surface area contributed by atoms with Crippen LogP contribution in [0.5, 0.6) is 0 Å². The molecule has 0 radical (unpaired) electrons. The molecule has 0 N–H and O–H groups in total. The molecule has 0 bridgehead atoms. The van der Waals surface area contributed by atoms with Crippen molar-refractivity contribution in [2.45, 2.75) is 26.7 Å². The fourth-order valence-corrected chi connectivity index (χ4v) is 5.18. The Labute approximate surface area is 206 Å². The van der Waals surface area contributed by atoms with Crippen molar-refractivity contribution in [1.82, 2.24) is 14.9 Å². The van der Waals surface area contributed by atoms with Gasteiger partial charge in [0, 0.05) is 56.5 Å². The van der Waals surface area contributed by atoms with Crippen molar-refractivity contribution in [2.75, 3.05) is 42.5 Å². The third-order valence-corrected chi connectivity index (χ3v) is 7.08. The molecule has 1 unspecified atom stereocenters. The number of amides is 2. The van der Waals surface area contributed by atoms with E-state index in [1.165, 1.54) is 0 Å². The van der Waals surface area contributed by atoms with Gasteiger partial charge >= 0.3 is 0 Å². The summed E-state index contributed by atoms with van der Waals surface area (Å²) in [6, 6.07) is 18.2. The molecule has 2 saturated heterocycles. The number of piperazine rings is 1. The smallest absolute Gasteiger partial charge is 0.228 e. The topological polar surface area (TPSA) is 69.6 Å². The fourth-order valence-electron chi connectivity index (χ4n) is 5.18. The van der Waals surface area contributed by atoms with Gasteiger partial charge in [-0.3, -0.25) is 9.59 Å². The van der Waals surface area contributed by atoms with Crippen molar-refractivity contribution in [3.63, 3.8) is 0 Å². The highest BCUT2D eigenvalue weighted by molar-refractivity contribution is 6.01. The predicted octanol–water partition coefficient (Wildman–Crippen LogP) is 3.72. The van der Waals surface area contributed by atoms with Crippen molar-refractivity contribution < 1.29 is 9.59 Å². The Kier molecular flexibility index (Phi) is 6.49. The van der Waals surface area contributed by atoms with Crippen LogP contribution in [0.4, 0.5) is 11.5 Å². The molecule has 7 nitrogen and oxygen atoms in total. The molecule has 0 saturated carbocycles. The summed E-state index contributed by atoms with van der Waals surface area (Å²) in [6.45, 7) is 7.26. The highest BCUT2D eigenvalue weighted by atomic mass is 16.2. The SMILES string of the molecule is CCc1cccc(C)c1N1CC(C(=O)N2CCN(c3cc(-c4ccccc4)ncn3)CC2)CC1=O. The highest BCUT2D eigenvalue weighted by Crippen LogP contribution is 2.32. The van der Waals surface area contributed by atoms with Crippen LogP contribution in [-0.4, -0.2) is 59.4 Å². The molecule has 0 spiro atoms. The largest absolute Gasteiger partial charge is 0.353 e.